The van der Waals surface area contributed by atoms with Crippen LogP contribution in [-0.2, 0) is 10.0 Å². The van der Waals surface area contributed by atoms with E-state index in [1.54, 1.807) is 11.1 Å². The van der Waals surface area contributed by atoms with E-state index in [2.05, 4.69) is 9.82 Å². The van der Waals surface area contributed by atoms with E-state index < -0.39 is 10.0 Å². The summed E-state index contributed by atoms with van der Waals surface area (Å²) >= 11 is 0. The lowest BCUT2D eigenvalue weighted by molar-refractivity contribution is 0.0789. The fraction of sp³-hybridized carbons (Fsp3) is 0.583. The Morgan fingerprint density at radius 2 is 2.00 bits per heavy atom. The first-order valence-corrected chi connectivity index (χ1v) is 7.91. The van der Waals surface area contributed by atoms with Crippen molar-refractivity contribution in [3.8, 4) is 0 Å². The molecular formula is C12H20N4O2S. The Morgan fingerprint density at radius 3 is 2.58 bits per heavy atom. The van der Waals surface area contributed by atoms with Gasteiger partial charge in [-0.2, -0.15) is 0 Å². The second-order valence-electron chi connectivity index (χ2n) is 5.03. The Kier molecular flexibility index (Phi) is 4.07. The lowest BCUT2D eigenvalue weighted by Gasteiger charge is -2.38. The number of nitrogens with two attached hydrogens (primary N) is 1. The van der Waals surface area contributed by atoms with E-state index >= 15 is 0 Å². The molecule has 0 aromatic carbocycles. The maximum absolute atomic E-state index is 12.3. The molecule has 1 aromatic heterocycles. The minimum atomic E-state index is -3.72. The van der Waals surface area contributed by atoms with E-state index in [0.717, 1.165) is 19.3 Å². The van der Waals surface area contributed by atoms with E-state index in [1.807, 2.05) is 13.8 Å². The third-order valence-corrected chi connectivity index (χ3v) is 4.78. The highest BCUT2D eigenvalue weighted by Gasteiger charge is 2.30. The van der Waals surface area contributed by atoms with Crippen LogP contribution in [0.5, 0.6) is 0 Å². The average Bonchev–Trinajstić information content (AvgIpc) is 2.34. The van der Waals surface area contributed by atoms with Gasteiger partial charge in [-0.05, 0) is 38.8 Å². The van der Waals surface area contributed by atoms with Crippen molar-refractivity contribution < 1.29 is 8.42 Å². The second kappa shape index (κ2) is 5.44. The fourth-order valence-electron chi connectivity index (χ4n) is 2.41. The van der Waals surface area contributed by atoms with E-state index in [4.69, 9.17) is 5.73 Å². The molecule has 0 radical (unpaired) electrons. The van der Waals surface area contributed by atoms with Crippen LogP contribution in [0.25, 0.3) is 0 Å². The maximum Gasteiger partial charge on any atom is 0.273 e. The van der Waals surface area contributed by atoms with Gasteiger partial charge in [-0.3, -0.25) is 0 Å². The first kappa shape index (κ1) is 14.2. The number of hydrogen-bond acceptors (Lipinski definition) is 5. The standard InChI is InChI=1S/C12H20N4O2S/c1-9-5-3-6-10(2)16(9)15-19(17,18)12-11(13)7-4-8-14-12/h4,7-10,15H,3,5-6,13H2,1-2H3. The zero-order valence-electron chi connectivity index (χ0n) is 11.2. The molecular weight excluding hydrogens is 264 g/mol. The van der Waals surface area contributed by atoms with Gasteiger partial charge in [0, 0.05) is 18.3 Å². The van der Waals surface area contributed by atoms with E-state index in [-0.39, 0.29) is 22.8 Å². The van der Waals surface area contributed by atoms with Gasteiger partial charge in [0.05, 0.1) is 5.69 Å². The Labute approximate surface area is 114 Å². The second-order valence-corrected chi connectivity index (χ2v) is 6.60. The third kappa shape index (κ3) is 3.05. The van der Waals surface area contributed by atoms with Crippen LogP contribution in [0.4, 0.5) is 5.69 Å². The van der Waals surface area contributed by atoms with Gasteiger partial charge in [-0.25, -0.2) is 18.4 Å². The Morgan fingerprint density at radius 1 is 1.37 bits per heavy atom. The van der Waals surface area contributed by atoms with Crippen LogP contribution in [-0.4, -0.2) is 30.5 Å². The molecule has 1 aliphatic heterocycles. The van der Waals surface area contributed by atoms with Gasteiger partial charge in [0.15, 0.2) is 5.03 Å². The van der Waals surface area contributed by atoms with Gasteiger partial charge >= 0.3 is 0 Å². The molecule has 2 unspecified atom stereocenters. The predicted octanol–water partition coefficient (Wildman–Crippen LogP) is 1.12. The Hall–Kier alpha value is -1.18. The molecule has 7 heteroatoms. The monoisotopic (exact) mass is 284 g/mol. The van der Waals surface area contributed by atoms with E-state index in [0.29, 0.717) is 0 Å². The molecule has 1 saturated heterocycles. The predicted molar refractivity (Wildman–Crippen MR) is 73.6 cm³/mol. The number of aromatic nitrogens is 1. The molecule has 1 fully saturated rings. The topological polar surface area (TPSA) is 88.3 Å². The molecule has 0 amide bonds. The van der Waals surface area contributed by atoms with Crippen LogP contribution >= 0.6 is 0 Å². The quantitative estimate of drug-likeness (QED) is 0.868. The normalized spacial score (nSPS) is 25.4. The van der Waals surface area contributed by atoms with Gasteiger partial charge in [0.2, 0.25) is 0 Å². The van der Waals surface area contributed by atoms with Crippen molar-refractivity contribution >= 4 is 15.7 Å². The summed E-state index contributed by atoms with van der Waals surface area (Å²) in [4.78, 5) is 6.48. The van der Waals surface area contributed by atoms with Crippen LogP contribution in [0.15, 0.2) is 23.4 Å². The van der Waals surface area contributed by atoms with E-state index in [9.17, 15) is 8.42 Å². The van der Waals surface area contributed by atoms with E-state index in [1.165, 1.54) is 12.3 Å². The van der Waals surface area contributed by atoms with Crippen molar-refractivity contribution in [1.29, 1.82) is 0 Å². The summed E-state index contributed by atoms with van der Waals surface area (Å²) in [6.07, 6.45) is 4.50. The molecule has 1 aliphatic rings. The number of hydrazine groups is 1. The van der Waals surface area contributed by atoms with Crippen LogP contribution < -0.4 is 10.6 Å². The molecule has 0 bridgehead atoms. The lowest BCUT2D eigenvalue weighted by Crippen LogP contribution is -2.54. The molecule has 3 N–H and O–H groups in total. The molecule has 1 aromatic rings. The molecule has 2 atom stereocenters. The highest BCUT2D eigenvalue weighted by atomic mass is 32.2. The van der Waals surface area contributed by atoms with Gasteiger partial charge in [-0.1, -0.05) is 6.42 Å². The number of nitrogens with one attached hydrogen (secondary N) is 1. The zero-order valence-corrected chi connectivity index (χ0v) is 12.0. The number of rotatable bonds is 3. The summed E-state index contributed by atoms with van der Waals surface area (Å²) in [6, 6.07) is 3.48. The summed E-state index contributed by atoms with van der Waals surface area (Å²) in [5.41, 5.74) is 5.84. The molecule has 2 heterocycles. The minimum absolute atomic E-state index is 0.111. The Balaban J connectivity index is 2.24. The first-order valence-electron chi connectivity index (χ1n) is 6.43. The van der Waals surface area contributed by atoms with Crippen LogP contribution in [0.3, 0.4) is 0 Å². The number of anilines is 1. The highest BCUT2D eigenvalue weighted by Crippen LogP contribution is 2.22. The third-order valence-electron chi connectivity index (χ3n) is 3.47. The van der Waals surface area contributed by atoms with Gasteiger partial charge in [0.25, 0.3) is 10.0 Å². The molecule has 106 valence electrons. The number of hydrogen-bond donors (Lipinski definition) is 2. The molecule has 6 nitrogen and oxygen atoms in total. The molecule has 2 rings (SSSR count). The van der Waals surface area contributed by atoms with Gasteiger partial charge in [0.1, 0.15) is 0 Å². The summed E-state index contributed by atoms with van der Waals surface area (Å²) < 4.78 is 24.6. The maximum atomic E-state index is 12.3. The first-order chi connectivity index (χ1) is 8.92. The average molecular weight is 284 g/mol. The van der Waals surface area contributed by atoms with Crippen molar-refractivity contribution in [2.75, 3.05) is 5.73 Å². The summed E-state index contributed by atoms with van der Waals surface area (Å²) in [7, 11) is -3.72. The lowest BCUT2D eigenvalue weighted by atomic mass is 10.0. The molecule has 0 saturated carbocycles. The van der Waals surface area contributed by atoms with Crippen LogP contribution in [0.1, 0.15) is 33.1 Å². The van der Waals surface area contributed by atoms with Crippen molar-refractivity contribution in [2.24, 2.45) is 0 Å². The summed E-state index contributed by atoms with van der Waals surface area (Å²) in [5.74, 6) is 0. The largest absolute Gasteiger partial charge is 0.396 e. The highest BCUT2D eigenvalue weighted by molar-refractivity contribution is 7.89. The number of nitrogen functional groups attached to an aromatic ring is 1. The number of pyridine rings is 1. The number of piperidine rings is 1. The van der Waals surface area contributed by atoms with Gasteiger partial charge < -0.3 is 5.73 Å². The van der Waals surface area contributed by atoms with Crippen LogP contribution in [0, 0.1) is 0 Å². The van der Waals surface area contributed by atoms with Crippen LogP contribution in [0.2, 0.25) is 0 Å². The number of nitrogens with zero attached hydrogens (tertiary/aromatic N) is 2. The Bertz CT molecular complexity index is 536. The zero-order chi connectivity index (χ0) is 14.0. The van der Waals surface area contributed by atoms with Crippen molar-refractivity contribution in [3.05, 3.63) is 18.3 Å². The van der Waals surface area contributed by atoms with Gasteiger partial charge in [-0.15, -0.1) is 4.83 Å². The molecule has 0 spiro atoms. The van der Waals surface area contributed by atoms with Crippen molar-refractivity contribution in [1.82, 2.24) is 14.8 Å². The summed E-state index contributed by atoms with van der Waals surface area (Å²) in [5, 5.41) is 1.67. The number of sulfonamides is 1. The smallest absolute Gasteiger partial charge is 0.273 e. The SMILES string of the molecule is CC1CCCC(C)N1NS(=O)(=O)c1ncccc1N. The summed E-state index contributed by atoms with van der Waals surface area (Å²) in [6.45, 7) is 4.03. The molecule has 19 heavy (non-hydrogen) atoms. The van der Waals surface area contributed by atoms with Crippen molar-refractivity contribution in [3.63, 3.8) is 0 Å². The minimum Gasteiger partial charge on any atom is -0.396 e. The fourth-order valence-corrected chi connectivity index (χ4v) is 3.71. The molecule has 0 aliphatic carbocycles. The van der Waals surface area contributed by atoms with Crippen molar-refractivity contribution in [2.45, 2.75) is 50.2 Å².